The van der Waals surface area contributed by atoms with E-state index in [4.69, 9.17) is 0 Å². The van der Waals surface area contributed by atoms with Crippen molar-refractivity contribution in [2.24, 2.45) is 0 Å². The molecule has 0 saturated carbocycles. The summed E-state index contributed by atoms with van der Waals surface area (Å²) in [4.78, 5) is 17.4. The van der Waals surface area contributed by atoms with Crippen LogP contribution in [0.25, 0.3) is 11.5 Å². The highest BCUT2D eigenvalue weighted by molar-refractivity contribution is 5.51. The van der Waals surface area contributed by atoms with Gasteiger partial charge in [0.1, 0.15) is 5.69 Å². The van der Waals surface area contributed by atoms with E-state index < -0.39 is 0 Å². The molecular formula is C15H21N5. The molecule has 0 N–H and O–H groups in total. The van der Waals surface area contributed by atoms with Crippen LogP contribution in [0.1, 0.15) is 6.42 Å². The molecule has 2 heterocycles. The molecule has 0 unspecified atom stereocenters. The Labute approximate surface area is 120 Å². The minimum absolute atomic E-state index is 0.663. The standard InChI is InChI=1S/C15H21N5/c1-19(2)9-6-10-20(3)13-11-17-15(18-12-13)14-7-4-5-8-16-14/h4-5,7-8,11-12H,6,9-10H2,1-3H3. The Balaban J connectivity index is 1.97. The molecule has 0 aliphatic rings. The van der Waals surface area contributed by atoms with E-state index in [9.17, 15) is 0 Å². The fourth-order valence-corrected chi connectivity index (χ4v) is 1.90. The van der Waals surface area contributed by atoms with Gasteiger partial charge >= 0.3 is 0 Å². The predicted molar refractivity (Wildman–Crippen MR) is 81.7 cm³/mol. The molecule has 0 spiro atoms. The number of hydrogen-bond acceptors (Lipinski definition) is 5. The maximum atomic E-state index is 4.39. The molecular weight excluding hydrogens is 250 g/mol. The average molecular weight is 271 g/mol. The Hall–Kier alpha value is -2.01. The smallest absolute Gasteiger partial charge is 0.178 e. The third-order valence-corrected chi connectivity index (χ3v) is 3.07. The Morgan fingerprint density at radius 3 is 2.30 bits per heavy atom. The van der Waals surface area contributed by atoms with Crippen molar-refractivity contribution in [2.75, 3.05) is 39.1 Å². The van der Waals surface area contributed by atoms with Crippen molar-refractivity contribution in [1.29, 1.82) is 0 Å². The molecule has 5 nitrogen and oxygen atoms in total. The highest BCUT2D eigenvalue weighted by Crippen LogP contribution is 2.14. The zero-order valence-corrected chi connectivity index (χ0v) is 12.3. The van der Waals surface area contributed by atoms with Crippen LogP contribution in [0, 0.1) is 0 Å². The van der Waals surface area contributed by atoms with E-state index in [-0.39, 0.29) is 0 Å². The Morgan fingerprint density at radius 2 is 1.70 bits per heavy atom. The van der Waals surface area contributed by atoms with Crippen molar-refractivity contribution in [3.63, 3.8) is 0 Å². The van der Waals surface area contributed by atoms with Crippen LogP contribution in [-0.4, -0.2) is 54.1 Å². The van der Waals surface area contributed by atoms with Crippen LogP contribution in [0.15, 0.2) is 36.8 Å². The van der Waals surface area contributed by atoms with Crippen LogP contribution in [0.4, 0.5) is 5.69 Å². The zero-order chi connectivity index (χ0) is 14.4. The molecule has 0 aromatic carbocycles. The van der Waals surface area contributed by atoms with Gasteiger partial charge in [-0.1, -0.05) is 6.07 Å². The van der Waals surface area contributed by atoms with Crippen molar-refractivity contribution in [2.45, 2.75) is 6.42 Å². The molecule has 0 atom stereocenters. The monoisotopic (exact) mass is 271 g/mol. The summed E-state index contributed by atoms with van der Waals surface area (Å²) >= 11 is 0. The fourth-order valence-electron chi connectivity index (χ4n) is 1.90. The second kappa shape index (κ2) is 6.96. The van der Waals surface area contributed by atoms with Gasteiger partial charge in [-0.15, -0.1) is 0 Å². The van der Waals surface area contributed by atoms with E-state index in [1.165, 1.54) is 0 Å². The molecule has 0 saturated heterocycles. The van der Waals surface area contributed by atoms with E-state index in [2.05, 4.69) is 45.9 Å². The second-order valence-corrected chi connectivity index (χ2v) is 5.06. The molecule has 2 aromatic heterocycles. The van der Waals surface area contributed by atoms with Gasteiger partial charge in [-0.2, -0.15) is 0 Å². The summed E-state index contributed by atoms with van der Waals surface area (Å²) in [6.45, 7) is 2.07. The van der Waals surface area contributed by atoms with Crippen LogP contribution < -0.4 is 4.90 Å². The van der Waals surface area contributed by atoms with Gasteiger partial charge in [0.15, 0.2) is 5.82 Å². The summed E-state index contributed by atoms with van der Waals surface area (Å²) in [5.74, 6) is 0.663. The first-order chi connectivity index (χ1) is 9.66. The Morgan fingerprint density at radius 1 is 0.950 bits per heavy atom. The van der Waals surface area contributed by atoms with Crippen molar-refractivity contribution in [1.82, 2.24) is 19.9 Å². The van der Waals surface area contributed by atoms with Gasteiger partial charge in [0.2, 0.25) is 0 Å². The summed E-state index contributed by atoms with van der Waals surface area (Å²) in [5.41, 5.74) is 1.83. The van der Waals surface area contributed by atoms with Crippen molar-refractivity contribution < 1.29 is 0 Å². The number of rotatable bonds is 6. The Kier molecular flexibility index (Phi) is 5.01. The highest BCUT2D eigenvalue weighted by Gasteiger charge is 2.05. The van der Waals surface area contributed by atoms with Crippen LogP contribution in [0.2, 0.25) is 0 Å². The van der Waals surface area contributed by atoms with E-state index in [1.807, 2.05) is 30.6 Å². The highest BCUT2D eigenvalue weighted by atomic mass is 15.1. The molecule has 0 amide bonds. The van der Waals surface area contributed by atoms with Gasteiger partial charge < -0.3 is 9.80 Å². The van der Waals surface area contributed by atoms with E-state index in [1.54, 1.807) is 6.20 Å². The molecule has 2 rings (SSSR count). The molecule has 0 aliphatic carbocycles. The van der Waals surface area contributed by atoms with Gasteiger partial charge in [0.05, 0.1) is 18.1 Å². The quantitative estimate of drug-likeness (QED) is 0.803. The van der Waals surface area contributed by atoms with Gasteiger partial charge in [0, 0.05) is 19.8 Å². The first kappa shape index (κ1) is 14.4. The summed E-state index contributed by atoms with van der Waals surface area (Å²) in [6.07, 6.45) is 6.57. The largest absolute Gasteiger partial charge is 0.372 e. The van der Waals surface area contributed by atoms with Crippen LogP contribution >= 0.6 is 0 Å². The van der Waals surface area contributed by atoms with E-state index >= 15 is 0 Å². The number of anilines is 1. The van der Waals surface area contributed by atoms with Gasteiger partial charge in [-0.05, 0) is 39.2 Å². The third kappa shape index (κ3) is 3.99. The summed E-state index contributed by atoms with van der Waals surface area (Å²) < 4.78 is 0. The molecule has 106 valence electrons. The maximum Gasteiger partial charge on any atom is 0.178 e. The first-order valence-electron chi connectivity index (χ1n) is 6.76. The normalized spacial score (nSPS) is 10.8. The number of pyridine rings is 1. The van der Waals surface area contributed by atoms with E-state index in [0.29, 0.717) is 5.82 Å². The molecule has 0 fully saturated rings. The minimum Gasteiger partial charge on any atom is -0.372 e. The maximum absolute atomic E-state index is 4.39. The molecule has 0 radical (unpaired) electrons. The summed E-state index contributed by atoms with van der Waals surface area (Å²) in [5, 5.41) is 0. The first-order valence-corrected chi connectivity index (χ1v) is 6.76. The van der Waals surface area contributed by atoms with Crippen molar-refractivity contribution in [3.05, 3.63) is 36.8 Å². The third-order valence-electron chi connectivity index (χ3n) is 3.07. The lowest BCUT2D eigenvalue weighted by Gasteiger charge is -2.19. The fraction of sp³-hybridized carbons (Fsp3) is 0.400. The predicted octanol–water partition coefficient (Wildman–Crippen LogP) is 1.93. The SMILES string of the molecule is CN(C)CCCN(C)c1cnc(-c2ccccn2)nc1. The van der Waals surface area contributed by atoms with Crippen molar-refractivity contribution >= 4 is 5.69 Å². The summed E-state index contributed by atoms with van der Waals surface area (Å²) in [7, 11) is 6.24. The van der Waals surface area contributed by atoms with Crippen LogP contribution in [0.5, 0.6) is 0 Å². The topological polar surface area (TPSA) is 45.2 Å². The molecule has 0 bridgehead atoms. The lowest BCUT2D eigenvalue weighted by molar-refractivity contribution is 0.401. The lowest BCUT2D eigenvalue weighted by Crippen LogP contribution is -2.23. The van der Waals surface area contributed by atoms with Crippen LogP contribution in [0.3, 0.4) is 0 Å². The van der Waals surface area contributed by atoms with E-state index in [0.717, 1.165) is 30.9 Å². The molecule has 2 aromatic rings. The summed E-state index contributed by atoms with van der Waals surface area (Å²) in [6, 6.07) is 5.74. The molecule has 20 heavy (non-hydrogen) atoms. The van der Waals surface area contributed by atoms with Crippen molar-refractivity contribution in [3.8, 4) is 11.5 Å². The number of nitrogens with zero attached hydrogens (tertiary/aromatic N) is 5. The Bertz CT molecular complexity index is 510. The number of hydrogen-bond donors (Lipinski definition) is 0. The van der Waals surface area contributed by atoms with Crippen LogP contribution in [-0.2, 0) is 0 Å². The average Bonchev–Trinajstić information content (AvgIpc) is 2.48. The number of aromatic nitrogens is 3. The lowest BCUT2D eigenvalue weighted by atomic mass is 10.3. The van der Waals surface area contributed by atoms with Gasteiger partial charge in [-0.3, -0.25) is 4.98 Å². The minimum atomic E-state index is 0.663. The zero-order valence-electron chi connectivity index (χ0n) is 12.3. The molecule has 5 heteroatoms. The molecule has 0 aliphatic heterocycles. The second-order valence-electron chi connectivity index (χ2n) is 5.06. The van der Waals surface area contributed by atoms with Gasteiger partial charge in [0.25, 0.3) is 0 Å². The van der Waals surface area contributed by atoms with Gasteiger partial charge in [-0.25, -0.2) is 9.97 Å².